The SMILES string of the molecule is Cc1nc(C)c(N)c(-c2ccc(C)c(C)c2)n1. The van der Waals surface area contributed by atoms with Gasteiger partial charge in [0.15, 0.2) is 0 Å². The van der Waals surface area contributed by atoms with E-state index in [0.717, 1.165) is 22.8 Å². The Bertz CT molecular complexity index is 574. The molecule has 0 fully saturated rings. The molecule has 0 aliphatic rings. The van der Waals surface area contributed by atoms with Gasteiger partial charge in [0, 0.05) is 5.56 Å². The van der Waals surface area contributed by atoms with E-state index >= 15 is 0 Å². The number of anilines is 1. The van der Waals surface area contributed by atoms with Gasteiger partial charge in [-0.2, -0.15) is 0 Å². The Balaban J connectivity index is 2.64. The maximum absolute atomic E-state index is 6.05. The van der Waals surface area contributed by atoms with Crippen molar-refractivity contribution < 1.29 is 0 Å². The first-order chi connectivity index (χ1) is 7.99. The van der Waals surface area contributed by atoms with E-state index in [4.69, 9.17) is 5.73 Å². The Morgan fingerprint density at radius 2 is 1.65 bits per heavy atom. The van der Waals surface area contributed by atoms with Gasteiger partial charge in [0.25, 0.3) is 0 Å². The van der Waals surface area contributed by atoms with Crippen molar-refractivity contribution in [1.29, 1.82) is 0 Å². The van der Waals surface area contributed by atoms with Gasteiger partial charge in [-0.1, -0.05) is 12.1 Å². The summed E-state index contributed by atoms with van der Waals surface area (Å²) in [5, 5.41) is 0. The van der Waals surface area contributed by atoms with E-state index in [1.54, 1.807) is 0 Å². The summed E-state index contributed by atoms with van der Waals surface area (Å²) >= 11 is 0. The summed E-state index contributed by atoms with van der Waals surface area (Å²) in [6.45, 7) is 7.99. The average molecular weight is 227 g/mol. The lowest BCUT2D eigenvalue weighted by Gasteiger charge is -2.10. The van der Waals surface area contributed by atoms with E-state index in [1.807, 2.05) is 13.8 Å². The predicted octanol–water partition coefficient (Wildman–Crippen LogP) is 2.96. The van der Waals surface area contributed by atoms with E-state index < -0.39 is 0 Å². The van der Waals surface area contributed by atoms with Crippen LogP contribution in [0.1, 0.15) is 22.6 Å². The van der Waals surface area contributed by atoms with E-state index in [2.05, 4.69) is 42.0 Å². The number of benzene rings is 1. The van der Waals surface area contributed by atoms with Gasteiger partial charge >= 0.3 is 0 Å². The molecular weight excluding hydrogens is 210 g/mol. The summed E-state index contributed by atoms with van der Waals surface area (Å²) in [6, 6.07) is 6.27. The summed E-state index contributed by atoms with van der Waals surface area (Å²) in [4.78, 5) is 8.70. The third-order valence-corrected chi connectivity index (χ3v) is 3.03. The Labute approximate surface area is 102 Å². The molecule has 2 N–H and O–H groups in total. The first kappa shape index (κ1) is 11.6. The highest BCUT2D eigenvalue weighted by atomic mass is 14.9. The fourth-order valence-electron chi connectivity index (χ4n) is 1.83. The Morgan fingerprint density at radius 1 is 0.941 bits per heavy atom. The molecule has 0 amide bonds. The number of hydrogen-bond donors (Lipinski definition) is 1. The molecule has 88 valence electrons. The number of rotatable bonds is 1. The molecule has 0 unspecified atom stereocenters. The minimum Gasteiger partial charge on any atom is -0.395 e. The van der Waals surface area contributed by atoms with Crippen LogP contribution in [0.5, 0.6) is 0 Å². The lowest BCUT2D eigenvalue weighted by molar-refractivity contribution is 1.02. The molecule has 3 heteroatoms. The summed E-state index contributed by atoms with van der Waals surface area (Å²) in [7, 11) is 0. The zero-order valence-corrected chi connectivity index (χ0v) is 10.7. The van der Waals surface area contributed by atoms with Crippen LogP contribution < -0.4 is 5.73 Å². The van der Waals surface area contributed by atoms with E-state index in [0.29, 0.717) is 5.69 Å². The summed E-state index contributed by atoms with van der Waals surface area (Å²) in [5.74, 6) is 0.755. The predicted molar refractivity (Wildman–Crippen MR) is 70.8 cm³/mol. The van der Waals surface area contributed by atoms with Gasteiger partial charge in [0.05, 0.1) is 17.1 Å². The fourth-order valence-corrected chi connectivity index (χ4v) is 1.83. The number of nitrogen functional groups attached to an aromatic ring is 1. The average Bonchev–Trinajstić information content (AvgIpc) is 2.27. The highest BCUT2D eigenvalue weighted by molar-refractivity contribution is 5.74. The maximum Gasteiger partial charge on any atom is 0.126 e. The molecule has 1 heterocycles. The van der Waals surface area contributed by atoms with Gasteiger partial charge in [-0.05, 0) is 44.9 Å². The van der Waals surface area contributed by atoms with Crippen LogP contribution in [0.2, 0.25) is 0 Å². The van der Waals surface area contributed by atoms with Crippen LogP contribution >= 0.6 is 0 Å². The summed E-state index contributed by atoms with van der Waals surface area (Å²) in [6.07, 6.45) is 0. The van der Waals surface area contributed by atoms with Crippen molar-refractivity contribution in [3.05, 3.63) is 40.8 Å². The zero-order chi connectivity index (χ0) is 12.6. The van der Waals surface area contributed by atoms with Crippen molar-refractivity contribution >= 4 is 5.69 Å². The van der Waals surface area contributed by atoms with Crippen molar-refractivity contribution in [1.82, 2.24) is 9.97 Å². The van der Waals surface area contributed by atoms with Crippen LogP contribution in [-0.2, 0) is 0 Å². The summed E-state index contributed by atoms with van der Waals surface area (Å²) in [5.41, 5.74) is 12.0. The quantitative estimate of drug-likeness (QED) is 0.814. The largest absolute Gasteiger partial charge is 0.395 e. The number of nitrogens with zero attached hydrogens (tertiary/aromatic N) is 2. The first-order valence-corrected chi connectivity index (χ1v) is 5.67. The molecule has 1 aromatic carbocycles. The van der Waals surface area contributed by atoms with Gasteiger partial charge in [-0.3, -0.25) is 0 Å². The van der Waals surface area contributed by atoms with Crippen molar-refractivity contribution in [3.63, 3.8) is 0 Å². The fraction of sp³-hybridized carbons (Fsp3) is 0.286. The number of aromatic nitrogens is 2. The van der Waals surface area contributed by atoms with Gasteiger partial charge in [0.1, 0.15) is 5.82 Å². The van der Waals surface area contributed by atoms with Crippen LogP contribution in [-0.4, -0.2) is 9.97 Å². The minimum atomic E-state index is 0.666. The molecule has 17 heavy (non-hydrogen) atoms. The second kappa shape index (κ2) is 4.17. The molecule has 2 rings (SSSR count). The zero-order valence-electron chi connectivity index (χ0n) is 10.7. The lowest BCUT2D eigenvalue weighted by Crippen LogP contribution is -2.02. The smallest absolute Gasteiger partial charge is 0.126 e. The molecule has 0 radical (unpaired) electrons. The van der Waals surface area contributed by atoms with Gasteiger partial charge < -0.3 is 5.73 Å². The van der Waals surface area contributed by atoms with Gasteiger partial charge in [-0.25, -0.2) is 9.97 Å². The number of nitrogens with two attached hydrogens (primary N) is 1. The van der Waals surface area contributed by atoms with E-state index in [9.17, 15) is 0 Å². The molecule has 0 atom stereocenters. The highest BCUT2D eigenvalue weighted by Crippen LogP contribution is 2.27. The standard InChI is InChI=1S/C14H17N3/c1-8-5-6-12(7-9(8)2)14-13(15)10(3)16-11(4)17-14/h5-7H,15H2,1-4H3. The number of hydrogen-bond acceptors (Lipinski definition) is 3. The second-order valence-corrected chi connectivity index (χ2v) is 4.42. The van der Waals surface area contributed by atoms with Crippen molar-refractivity contribution in [2.24, 2.45) is 0 Å². The number of aryl methyl sites for hydroxylation is 4. The third kappa shape index (κ3) is 2.13. The normalized spacial score (nSPS) is 10.6. The van der Waals surface area contributed by atoms with Crippen molar-refractivity contribution in [2.45, 2.75) is 27.7 Å². The van der Waals surface area contributed by atoms with Crippen LogP contribution in [0.3, 0.4) is 0 Å². The Morgan fingerprint density at radius 3 is 2.29 bits per heavy atom. The van der Waals surface area contributed by atoms with Crippen molar-refractivity contribution in [3.8, 4) is 11.3 Å². The maximum atomic E-state index is 6.05. The van der Waals surface area contributed by atoms with Crippen LogP contribution in [0.15, 0.2) is 18.2 Å². The molecular formula is C14H17N3. The van der Waals surface area contributed by atoms with E-state index in [1.165, 1.54) is 11.1 Å². The molecule has 3 nitrogen and oxygen atoms in total. The molecule has 0 aliphatic heterocycles. The van der Waals surface area contributed by atoms with Crippen LogP contribution in [0.25, 0.3) is 11.3 Å². The van der Waals surface area contributed by atoms with Gasteiger partial charge in [0.2, 0.25) is 0 Å². The molecule has 0 aliphatic carbocycles. The topological polar surface area (TPSA) is 51.8 Å². The second-order valence-electron chi connectivity index (χ2n) is 4.42. The Kier molecular flexibility index (Phi) is 2.84. The third-order valence-electron chi connectivity index (χ3n) is 3.03. The molecule has 1 aromatic heterocycles. The lowest BCUT2D eigenvalue weighted by atomic mass is 10.0. The first-order valence-electron chi connectivity index (χ1n) is 5.67. The van der Waals surface area contributed by atoms with E-state index in [-0.39, 0.29) is 0 Å². The molecule has 0 saturated heterocycles. The molecule has 2 aromatic rings. The van der Waals surface area contributed by atoms with Crippen LogP contribution in [0.4, 0.5) is 5.69 Å². The monoisotopic (exact) mass is 227 g/mol. The molecule has 0 bridgehead atoms. The van der Waals surface area contributed by atoms with Gasteiger partial charge in [-0.15, -0.1) is 0 Å². The Hall–Kier alpha value is -1.90. The summed E-state index contributed by atoms with van der Waals surface area (Å²) < 4.78 is 0. The van der Waals surface area contributed by atoms with Crippen molar-refractivity contribution in [2.75, 3.05) is 5.73 Å². The minimum absolute atomic E-state index is 0.666. The molecule has 0 spiro atoms. The molecule has 0 saturated carbocycles. The highest BCUT2D eigenvalue weighted by Gasteiger charge is 2.09. The van der Waals surface area contributed by atoms with Crippen LogP contribution in [0, 0.1) is 27.7 Å².